The Labute approximate surface area is 145 Å². The fraction of sp³-hybridized carbons (Fsp3) is 0.500. The molecule has 1 aliphatic rings. The fourth-order valence-electron chi connectivity index (χ4n) is 3.72. The number of hydrogen-bond acceptors (Lipinski definition) is 2. The lowest BCUT2D eigenvalue weighted by atomic mass is 9.92. The van der Waals surface area contributed by atoms with E-state index in [0.717, 1.165) is 31.3 Å². The smallest absolute Gasteiger partial charge is 0.194 e. The molecule has 1 N–H and O–H groups in total. The van der Waals surface area contributed by atoms with Gasteiger partial charge in [-0.25, -0.2) is 4.99 Å². The van der Waals surface area contributed by atoms with Gasteiger partial charge in [0, 0.05) is 31.2 Å². The van der Waals surface area contributed by atoms with Crippen LogP contribution in [0.5, 0.6) is 0 Å². The molecule has 0 bridgehead atoms. The lowest BCUT2D eigenvalue weighted by molar-refractivity contribution is 0.208. The number of benzene rings is 1. The zero-order valence-electron chi connectivity index (χ0n) is 15.0. The molecule has 1 aromatic carbocycles. The molecule has 0 saturated carbocycles. The maximum Gasteiger partial charge on any atom is 0.194 e. The first-order valence-electron chi connectivity index (χ1n) is 9.03. The molecule has 1 saturated heterocycles. The summed E-state index contributed by atoms with van der Waals surface area (Å²) in [6, 6.07) is 10.4. The van der Waals surface area contributed by atoms with Gasteiger partial charge in [0.2, 0.25) is 0 Å². The van der Waals surface area contributed by atoms with E-state index >= 15 is 0 Å². The Morgan fingerprint density at radius 3 is 2.71 bits per heavy atom. The van der Waals surface area contributed by atoms with Crippen molar-refractivity contribution >= 4 is 16.7 Å². The fourth-order valence-corrected chi connectivity index (χ4v) is 3.72. The molecule has 0 radical (unpaired) electrons. The number of nitrogens with one attached hydrogen (secondary N) is 1. The normalized spacial score (nSPS) is 22.0. The van der Waals surface area contributed by atoms with Crippen LogP contribution in [0.2, 0.25) is 0 Å². The number of pyridine rings is 1. The van der Waals surface area contributed by atoms with Crippen LogP contribution in [0.1, 0.15) is 32.9 Å². The minimum atomic E-state index is 0.614. The highest BCUT2D eigenvalue weighted by molar-refractivity contribution is 5.85. The molecule has 2 unspecified atom stereocenters. The molecule has 128 valence electrons. The van der Waals surface area contributed by atoms with Crippen molar-refractivity contribution in [2.75, 3.05) is 19.6 Å². The van der Waals surface area contributed by atoms with Crippen molar-refractivity contribution in [1.82, 2.24) is 15.2 Å². The van der Waals surface area contributed by atoms with Crippen molar-refractivity contribution < 1.29 is 0 Å². The average molecular weight is 324 g/mol. The van der Waals surface area contributed by atoms with Crippen LogP contribution in [-0.4, -0.2) is 35.5 Å². The lowest BCUT2D eigenvalue weighted by Crippen LogP contribution is -2.48. The highest BCUT2D eigenvalue weighted by atomic mass is 15.3. The first-order chi connectivity index (χ1) is 11.7. The second-order valence-electron chi connectivity index (χ2n) is 7.00. The number of likely N-dealkylation sites (tertiary alicyclic amines) is 1. The average Bonchev–Trinajstić information content (AvgIpc) is 2.57. The topological polar surface area (TPSA) is 40.5 Å². The third-order valence-corrected chi connectivity index (χ3v) is 4.64. The maximum atomic E-state index is 4.90. The van der Waals surface area contributed by atoms with E-state index in [1.807, 2.05) is 6.20 Å². The van der Waals surface area contributed by atoms with E-state index in [1.54, 1.807) is 0 Å². The number of fused-ring (bicyclic) bond motifs is 1. The summed E-state index contributed by atoms with van der Waals surface area (Å²) < 4.78 is 0. The van der Waals surface area contributed by atoms with Crippen LogP contribution in [-0.2, 0) is 6.54 Å². The highest BCUT2D eigenvalue weighted by Gasteiger charge is 2.24. The zero-order chi connectivity index (χ0) is 16.9. The van der Waals surface area contributed by atoms with Gasteiger partial charge in [-0.15, -0.1) is 0 Å². The van der Waals surface area contributed by atoms with Gasteiger partial charge in [0.15, 0.2) is 5.96 Å². The number of rotatable bonds is 3. The maximum absolute atomic E-state index is 4.90. The minimum Gasteiger partial charge on any atom is -0.357 e. The van der Waals surface area contributed by atoms with Crippen LogP contribution in [0.25, 0.3) is 10.8 Å². The van der Waals surface area contributed by atoms with E-state index in [0.29, 0.717) is 18.4 Å². The second-order valence-corrected chi connectivity index (χ2v) is 7.00. The number of aliphatic imine (C=N–C) groups is 1. The van der Waals surface area contributed by atoms with Crippen molar-refractivity contribution in [3.8, 4) is 0 Å². The number of piperidine rings is 1. The van der Waals surface area contributed by atoms with Crippen LogP contribution in [0.15, 0.2) is 41.5 Å². The SMILES string of the molecule is CCNC(=NCc1nccc2ccccc12)N1CC(C)CC(C)C1. The van der Waals surface area contributed by atoms with E-state index in [1.165, 1.54) is 17.2 Å². The van der Waals surface area contributed by atoms with Gasteiger partial charge in [-0.1, -0.05) is 38.1 Å². The second kappa shape index (κ2) is 7.65. The number of guanidine groups is 1. The van der Waals surface area contributed by atoms with Crippen LogP contribution in [0, 0.1) is 11.8 Å². The molecule has 2 aromatic rings. The van der Waals surface area contributed by atoms with Crippen LogP contribution >= 0.6 is 0 Å². The van der Waals surface area contributed by atoms with Crippen molar-refractivity contribution in [3.05, 3.63) is 42.2 Å². The van der Waals surface area contributed by atoms with Crippen LogP contribution in [0.3, 0.4) is 0 Å². The molecule has 4 nitrogen and oxygen atoms in total. The molecule has 0 amide bonds. The summed E-state index contributed by atoms with van der Waals surface area (Å²) in [5.41, 5.74) is 1.04. The Morgan fingerprint density at radius 2 is 1.96 bits per heavy atom. The molecule has 3 rings (SSSR count). The Kier molecular flexibility index (Phi) is 5.34. The van der Waals surface area contributed by atoms with Crippen molar-refractivity contribution in [2.45, 2.75) is 33.7 Å². The Balaban J connectivity index is 1.83. The van der Waals surface area contributed by atoms with Gasteiger partial charge < -0.3 is 10.2 Å². The number of aromatic nitrogens is 1. The van der Waals surface area contributed by atoms with Gasteiger partial charge in [-0.05, 0) is 36.6 Å². The molecule has 0 aliphatic carbocycles. The van der Waals surface area contributed by atoms with Gasteiger partial charge in [0.1, 0.15) is 0 Å². The Hall–Kier alpha value is -2.10. The summed E-state index contributed by atoms with van der Waals surface area (Å²) in [4.78, 5) is 11.9. The first kappa shape index (κ1) is 16.7. The van der Waals surface area contributed by atoms with E-state index in [4.69, 9.17) is 4.99 Å². The molecule has 4 heteroatoms. The number of hydrogen-bond donors (Lipinski definition) is 1. The Bertz CT molecular complexity index is 694. The van der Waals surface area contributed by atoms with Gasteiger partial charge in [-0.2, -0.15) is 0 Å². The van der Waals surface area contributed by atoms with E-state index in [9.17, 15) is 0 Å². The molecular weight excluding hydrogens is 296 g/mol. The largest absolute Gasteiger partial charge is 0.357 e. The predicted molar refractivity (Wildman–Crippen MR) is 101 cm³/mol. The highest BCUT2D eigenvalue weighted by Crippen LogP contribution is 2.21. The lowest BCUT2D eigenvalue weighted by Gasteiger charge is -2.37. The summed E-state index contributed by atoms with van der Waals surface area (Å²) in [6.07, 6.45) is 3.19. The molecule has 2 atom stereocenters. The van der Waals surface area contributed by atoms with Crippen LogP contribution < -0.4 is 5.32 Å². The van der Waals surface area contributed by atoms with Gasteiger partial charge in [-0.3, -0.25) is 4.98 Å². The van der Waals surface area contributed by atoms with Crippen molar-refractivity contribution in [2.24, 2.45) is 16.8 Å². The summed E-state index contributed by atoms with van der Waals surface area (Å²) >= 11 is 0. The molecule has 24 heavy (non-hydrogen) atoms. The predicted octanol–water partition coefficient (Wildman–Crippen LogP) is 3.68. The molecule has 1 aromatic heterocycles. The van der Waals surface area contributed by atoms with Gasteiger partial charge >= 0.3 is 0 Å². The summed E-state index contributed by atoms with van der Waals surface area (Å²) in [7, 11) is 0. The third-order valence-electron chi connectivity index (χ3n) is 4.64. The monoisotopic (exact) mass is 324 g/mol. The van der Waals surface area contributed by atoms with Crippen molar-refractivity contribution in [1.29, 1.82) is 0 Å². The molecule has 0 spiro atoms. The summed E-state index contributed by atoms with van der Waals surface area (Å²) in [5.74, 6) is 2.45. The zero-order valence-corrected chi connectivity index (χ0v) is 15.0. The van der Waals surface area contributed by atoms with Crippen molar-refractivity contribution in [3.63, 3.8) is 0 Å². The van der Waals surface area contributed by atoms with E-state index < -0.39 is 0 Å². The molecular formula is C20H28N4. The molecule has 1 fully saturated rings. The van der Waals surface area contributed by atoms with Crippen LogP contribution in [0.4, 0.5) is 0 Å². The van der Waals surface area contributed by atoms with Gasteiger partial charge in [0.25, 0.3) is 0 Å². The third kappa shape index (κ3) is 3.86. The standard InChI is InChI=1S/C20H28N4/c1-4-21-20(24-13-15(2)11-16(3)14-24)23-12-19-18-8-6-5-7-17(18)9-10-22-19/h5-10,15-16H,4,11-14H2,1-3H3,(H,21,23). The minimum absolute atomic E-state index is 0.614. The molecule has 1 aliphatic heterocycles. The van der Waals surface area contributed by atoms with E-state index in [-0.39, 0.29) is 0 Å². The van der Waals surface area contributed by atoms with Gasteiger partial charge in [0.05, 0.1) is 12.2 Å². The number of nitrogens with zero attached hydrogens (tertiary/aromatic N) is 3. The first-order valence-corrected chi connectivity index (χ1v) is 9.03. The Morgan fingerprint density at radius 1 is 1.21 bits per heavy atom. The quantitative estimate of drug-likeness (QED) is 0.691. The summed E-state index contributed by atoms with van der Waals surface area (Å²) in [5, 5.41) is 5.88. The summed E-state index contributed by atoms with van der Waals surface area (Å²) in [6.45, 7) is 10.5. The van der Waals surface area contributed by atoms with E-state index in [2.05, 4.69) is 66.3 Å². The molecule has 2 heterocycles.